The van der Waals surface area contributed by atoms with Crippen molar-refractivity contribution in [2.24, 2.45) is 0 Å². The standard InChI is InChI=1S/C30H36BrN3O4S/c1-21-15-16-22(2)27(17-21)34(39(37,38)26-13-8-7-9-14-26)20-28(35)33(19-24-11-10-12-25(31)18-24)23(3)29(36)32-30(4,5)6/h7-18,23H,19-20H2,1-6H3,(H,32,36)/t23-/m0/s1. The topological polar surface area (TPSA) is 86.8 Å². The average Bonchev–Trinajstić information content (AvgIpc) is 2.86. The Morgan fingerprint density at radius 3 is 2.23 bits per heavy atom. The van der Waals surface area contributed by atoms with E-state index in [4.69, 9.17) is 0 Å². The fraction of sp³-hybridized carbons (Fsp3) is 0.333. The normalized spacial score (nSPS) is 12.5. The molecule has 3 aromatic rings. The van der Waals surface area contributed by atoms with Gasteiger partial charge in [0.25, 0.3) is 10.0 Å². The Labute approximate surface area is 240 Å². The number of benzene rings is 3. The summed E-state index contributed by atoms with van der Waals surface area (Å²) in [5.74, 6) is -0.818. The molecule has 0 fully saturated rings. The molecule has 0 saturated carbocycles. The molecule has 0 spiro atoms. The van der Waals surface area contributed by atoms with Gasteiger partial charge in [-0.1, -0.05) is 58.4 Å². The fourth-order valence-corrected chi connectivity index (χ4v) is 6.05. The summed E-state index contributed by atoms with van der Waals surface area (Å²) >= 11 is 3.46. The van der Waals surface area contributed by atoms with Crippen molar-refractivity contribution >= 4 is 43.5 Å². The summed E-state index contributed by atoms with van der Waals surface area (Å²) in [6, 6.07) is 20.2. The molecule has 1 atom stereocenters. The third-order valence-electron chi connectivity index (χ3n) is 6.15. The Morgan fingerprint density at radius 1 is 0.949 bits per heavy atom. The molecule has 0 aliphatic rings. The molecule has 3 aromatic carbocycles. The first-order valence-corrected chi connectivity index (χ1v) is 14.9. The molecular formula is C30H36BrN3O4S. The summed E-state index contributed by atoms with van der Waals surface area (Å²) in [5, 5.41) is 2.94. The summed E-state index contributed by atoms with van der Waals surface area (Å²) in [6.07, 6.45) is 0. The van der Waals surface area contributed by atoms with Crippen molar-refractivity contribution in [1.29, 1.82) is 0 Å². The second kappa shape index (κ2) is 12.3. The molecule has 0 aromatic heterocycles. The maximum atomic E-state index is 14.0. The van der Waals surface area contributed by atoms with E-state index < -0.39 is 34.1 Å². The third-order valence-corrected chi connectivity index (χ3v) is 8.42. The van der Waals surface area contributed by atoms with Crippen LogP contribution in [-0.2, 0) is 26.2 Å². The Hall–Kier alpha value is -3.17. The summed E-state index contributed by atoms with van der Waals surface area (Å²) in [5.41, 5.74) is 2.29. The molecule has 0 heterocycles. The zero-order valence-electron chi connectivity index (χ0n) is 23.2. The van der Waals surface area contributed by atoms with Crippen LogP contribution in [0.2, 0.25) is 0 Å². The highest BCUT2D eigenvalue weighted by molar-refractivity contribution is 9.10. The second-order valence-corrected chi connectivity index (χ2v) is 13.5. The van der Waals surface area contributed by atoms with Gasteiger partial charge >= 0.3 is 0 Å². The molecule has 0 radical (unpaired) electrons. The summed E-state index contributed by atoms with van der Waals surface area (Å²) in [6.45, 7) is 10.6. The van der Waals surface area contributed by atoms with Crippen molar-refractivity contribution < 1.29 is 18.0 Å². The summed E-state index contributed by atoms with van der Waals surface area (Å²) in [7, 11) is -4.10. The highest BCUT2D eigenvalue weighted by Crippen LogP contribution is 2.28. The lowest BCUT2D eigenvalue weighted by atomic mass is 10.1. The Kier molecular flexibility index (Phi) is 9.61. The molecule has 7 nitrogen and oxygen atoms in total. The summed E-state index contributed by atoms with van der Waals surface area (Å²) < 4.78 is 29.8. The van der Waals surface area contributed by atoms with Gasteiger partial charge in [-0.2, -0.15) is 0 Å². The highest BCUT2D eigenvalue weighted by atomic mass is 79.9. The van der Waals surface area contributed by atoms with Crippen molar-refractivity contribution in [3.63, 3.8) is 0 Å². The van der Waals surface area contributed by atoms with Gasteiger partial charge in [-0.15, -0.1) is 0 Å². The fourth-order valence-electron chi connectivity index (χ4n) is 4.11. The zero-order chi connectivity index (χ0) is 29.0. The largest absolute Gasteiger partial charge is 0.350 e. The van der Waals surface area contributed by atoms with Crippen molar-refractivity contribution in [3.05, 3.63) is 94.0 Å². The molecule has 0 saturated heterocycles. The van der Waals surface area contributed by atoms with Gasteiger partial charge in [-0.3, -0.25) is 13.9 Å². The molecule has 1 N–H and O–H groups in total. The van der Waals surface area contributed by atoms with Gasteiger partial charge in [0.2, 0.25) is 11.8 Å². The van der Waals surface area contributed by atoms with E-state index >= 15 is 0 Å². The first kappa shape index (κ1) is 30.4. The van der Waals surface area contributed by atoms with Crippen LogP contribution in [0.4, 0.5) is 5.69 Å². The maximum absolute atomic E-state index is 14.0. The number of carbonyl (C=O) groups excluding carboxylic acids is 2. The Morgan fingerprint density at radius 2 is 1.62 bits per heavy atom. The monoisotopic (exact) mass is 613 g/mol. The number of amides is 2. The number of hydrogen-bond donors (Lipinski definition) is 1. The molecule has 9 heteroatoms. The van der Waals surface area contributed by atoms with Gasteiger partial charge in [-0.05, 0) is 88.6 Å². The quantitative estimate of drug-likeness (QED) is 0.341. The minimum absolute atomic E-state index is 0.0794. The van der Waals surface area contributed by atoms with Crippen LogP contribution in [0.5, 0.6) is 0 Å². The van der Waals surface area contributed by atoms with Crippen molar-refractivity contribution in [3.8, 4) is 0 Å². The SMILES string of the molecule is Cc1ccc(C)c(N(CC(=O)N(Cc2cccc(Br)c2)[C@@H](C)C(=O)NC(C)(C)C)S(=O)(=O)c2ccccc2)c1. The lowest BCUT2D eigenvalue weighted by molar-refractivity contribution is -0.140. The van der Waals surface area contributed by atoms with Gasteiger partial charge in [0, 0.05) is 16.6 Å². The van der Waals surface area contributed by atoms with Gasteiger partial charge < -0.3 is 10.2 Å². The number of aryl methyl sites for hydroxylation is 2. The molecule has 0 unspecified atom stereocenters. The number of carbonyl (C=O) groups is 2. The number of sulfonamides is 1. The second-order valence-electron chi connectivity index (χ2n) is 10.7. The molecule has 208 valence electrons. The van der Waals surface area contributed by atoms with Crippen LogP contribution in [0, 0.1) is 13.8 Å². The molecule has 0 aliphatic heterocycles. The average molecular weight is 615 g/mol. The maximum Gasteiger partial charge on any atom is 0.264 e. The number of nitrogens with zero attached hydrogens (tertiary/aromatic N) is 2. The molecule has 0 aliphatic carbocycles. The molecule has 2 amide bonds. The van der Waals surface area contributed by atoms with E-state index in [0.29, 0.717) is 11.3 Å². The molecule has 39 heavy (non-hydrogen) atoms. The van der Waals surface area contributed by atoms with E-state index in [2.05, 4.69) is 21.2 Å². The minimum Gasteiger partial charge on any atom is -0.350 e. The smallest absolute Gasteiger partial charge is 0.264 e. The van der Waals surface area contributed by atoms with Crippen LogP contribution in [0.25, 0.3) is 0 Å². The summed E-state index contributed by atoms with van der Waals surface area (Å²) in [4.78, 5) is 28.7. The molecule has 0 bridgehead atoms. The zero-order valence-corrected chi connectivity index (χ0v) is 25.6. The van der Waals surface area contributed by atoms with Gasteiger partial charge in [0.05, 0.1) is 10.6 Å². The predicted octanol–water partition coefficient (Wildman–Crippen LogP) is 5.59. The number of rotatable bonds is 9. The van der Waals surface area contributed by atoms with Crippen LogP contribution in [0.1, 0.15) is 44.4 Å². The van der Waals surface area contributed by atoms with Crippen molar-refractivity contribution in [1.82, 2.24) is 10.2 Å². The van der Waals surface area contributed by atoms with Gasteiger partial charge in [0.1, 0.15) is 12.6 Å². The lowest BCUT2D eigenvalue weighted by Crippen LogP contribution is -2.54. The van der Waals surface area contributed by atoms with Crippen LogP contribution in [-0.4, -0.2) is 43.3 Å². The van der Waals surface area contributed by atoms with E-state index in [1.165, 1.54) is 17.0 Å². The van der Waals surface area contributed by atoms with Gasteiger partial charge in [0.15, 0.2) is 0 Å². The lowest BCUT2D eigenvalue weighted by Gasteiger charge is -2.34. The Bertz CT molecular complexity index is 1440. The van der Waals surface area contributed by atoms with Crippen LogP contribution < -0.4 is 9.62 Å². The van der Waals surface area contributed by atoms with Crippen LogP contribution in [0.3, 0.4) is 0 Å². The van der Waals surface area contributed by atoms with Gasteiger partial charge in [-0.25, -0.2) is 8.42 Å². The Balaban J connectivity index is 2.07. The third kappa shape index (κ3) is 7.92. The molecular weight excluding hydrogens is 578 g/mol. The van der Waals surface area contributed by atoms with E-state index in [1.807, 2.05) is 71.0 Å². The van der Waals surface area contributed by atoms with E-state index in [-0.39, 0.29) is 17.3 Å². The van der Waals surface area contributed by atoms with Crippen molar-refractivity contribution in [2.45, 2.75) is 64.6 Å². The number of hydrogen-bond acceptors (Lipinski definition) is 4. The van der Waals surface area contributed by atoms with E-state index in [9.17, 15) is 18.0 Å². The van der Waals surface area contributed by atoms with Crippen LogP contribution >= 0.6 is 15.9 Å². The number of nitrogens with one attached hydrogen (secondary N) is 1. The van der Waals surface area contributed by atoms with Crippen LogP contribution in [0.15, 0.2) is 82.2 Å². The minimum atomic E-state index is -4.10. The van der Waals surface area contributed by atoms with Crippen molar-refractivity contribution in [2.75, 3.05) is 10.8 Å². The number of halogens is 1. The first-order chi connectivity index (χ1) is 18.2. The predicted molar refractivity (Wildman–Crippen MR) is 159 cm³/mol. The van der Waals surface area contributed by atoms with E-state index in [0.717, 1.165) is 19.9 Å². The number of anilines is 1. The highest BCUT2D eigenvalue weighted by Gasteiger charge is 2.33. The van der Waals surface area contributed by atoms with E-state index in [1.54, 1.807) is 31.2 Å². The first-order valence-electron chi connectivity index (χ1n) is 12.7. The molecule has 3 rings (SSSR count).